The number of alkyl halides is 3. The van der Waals surface area contributed by atoms with Crippen LogP contribution in [0.3, 0.4) is 0 Å². The molecule has 1 saturated heterocycles. The van der Waals surface area contributed by atoms with E-state index >= 15 is 0 Å². The van der Waals surface area contributed by atoms with Crippen LogP contribution in [-0.2, 0) is 15.8 Å². The highest BCUT2D eigenvalue weighted by atomic mass is 35.5. The van der Waals surface area contributed by atoms with E-state index in [9.17, 15) is 22.8 Å². The Morgan fingerprint density at radius 2 is 1.75 bits per heavy atom. The summed E-state index contributed by atoms with van der Waals surface area (Å²) in [5, 5.41) is 5.29. The van der Waals surface area contributed by atoms with Crippen molar-refractivity contribution in [2.45, 2.75) is 51.9 Å². The summed E-state index contributed by atoms with van der Waals surface area (Å²) in [6, 6.07) is 2.71. The van der Waals surface area contributed by atoms with Gasteiger partial charge in [0, 0.05) is 30.1 Å². The predicted octanol–water partition coefficient (Wildman–Crippen LogP) is 3.92. The van der Waals surface area contributed by atoms with Gasteiger partial charge in [-0.1, -0.05) is 25.4 Å². The van der Waals surface area contributed by atoms with E-state index in [-0.39, 0.29) is 28.6 Å². The minimum atomic E-state index is -4.62. The first kappa shape index (κ1) is 22.5. The zero-order valence-corrected chi connectivity index (χ0v) is 16.8. The van der Waals surface area contributed by atoms with Crippen LogP contribution in [0.25, 0.3) is 0 Å². The molecule has 1 aromatic carbocycles. The summed E-state index contributed by atoms with van der Waals surface area (Å²) in [7, 11) is 0. The lowest BCUT2D eigenvalue weighted by Crippen LogP contribution is -2.51. The highest BCUT2D eigenvalue weighted by molar-refractivity contribution is 6.30. The van der Waals surface area contributed by atoms with Crippen molar-refractivity contribution in [1.82, 2.24) is 10.2 Å². The quantitative estimate of drug-likeness (QED) is 0.760. The second-order valence-corrected chi connectivity index (χ2v) is 7.76. The lowest BCUT2D eigenvalue weighted by Gasteiger charge is -2.35. The molecule has 0 saturated carbocycles. The van der Waals surface area contributed by atoms with Crippen LogP contribution in [0, 0.1) is 5.92 Å². The molecule has 0 spiro atoms. The molecule has 0 bridgehead atoms. The third-order valence-electron chi connectivity index (χ3n) is 4.87. The van der Waals surface area contributed by atoms with Gasteiger partial charge in [0.25, 0.3) is 0 Å². The van der Waals surface area contributed by atoms with Gasteiger partial charge < -0.3 is 10.6 Å². The molecule has 156 valence electrons. The van der Waals surface area contributed by atoms with Crippen LogP contribution in [0.5, 0.6) is 0 Å². The molecule has 1 atom stereocenters. The number of likely N-dealkylation sites (tertiary alicyclic amines) is 1. The number of carbonyl (C=O) groups is 2. The van der Waals surface area contributed by atoms with Gasteiger partial charge in [-0.2, -0.15) is 13.2 Å². The average Bonchev–Trinajstić information content (AvgIpc) is 2.62. The standard InChI is InChI=1S/C19H25ClF3N3O2/c1-11(2)17(27)24-14-6-8-26(9-7-14)12(3)18(28)25-16-5-4-13(20)10-15(16)19(21,22)23/h4-5,10-12,14H,6-9H2,1-3H3,(H,24,27)(H,25,28). The molecule has 1 heterocycles. The number of benzene rings is 1. The fraction of sp³-hybridized carbons (Fsp3) is 0.579. The Labute approximate surface area is 167 Å². The maximum atomic E-state index is 13.2. The van der Waals surface area contributed by atoms with Crippen LogP contribution in [0.4, 0.5) is 18.9 Å². The van der Waals surface area contributed by atoms with Crippen LogP contribution < -0.4 is 10.6 Å². The maximum Gasteiger partial charge on any atom is 0.418 e. The normalized spacial score (nSPS) is 17.4. The van der Waals surface area contributed by atoms with Crippen LogP contribution in [0.1, 0.15) is 39.2 Å². The van der Waals surface area contributed by atoms with Crippen LogP contribution in [-0.4, -0.2) is 41.9 Å². The number of nitrogens with one attached hydrogen (secondary N) is 2. The second-order valence-electron chi connectivity index (χ2n) is 7.33. The molecule has 5 nitrogen and oxygen atoms in total. The summed E-state index contributed by atoms with van der Waals surface area (Å²) < 4.78 is 39.6. The molecule has 0 radical (unpaired) electrons. The largest absolute Gasteiger partial charge is 0.418 e. The first-order valence-electron chi connectivity index (χ1n) is 9.21. The van der Waals surface area contributed by atoms with E-state index in [1.807, 2.05) is 18.7 Å². The lowest BCUT2D eigenvalue weighted by molar-refractivity contribution is -0.137. The van der Waals surface area contributed by atoms with Crippen molar-refractivity contribution in [3.8, 4) is 0 Å². The molecule has 1 aromatic rings. The van der Waals surface area contributed by atoms with Gasteiger partial charge in [-0.25, -0.2) is 0 Å². The SMILES string of the molecule is CC(C)C(=O)NC1CCN(C(C)C(=O)Nc2ccc(Cl)cc2C(F)(F)F)CC1. The molecular formula is C19H25ClF3N3O2. The van der Waals surface area contributed by atoms with Crippen molar-refractivity contribution in [2.24, 2.45) is 5.92 Å². The fourth-order valence-electron chi connectivity index (χ4n) is 3.06. The topological polar surface area (TPSA) is 61.4 Å². The van der Waals surface area contributed by atoms with Gasteiger partial charge in [-0.15, -0.1) is 0 Å². The highest BCUT2D eigenvalue weighted by Crippen LogP contribution is 2.36. The molecule has 2 amide bonds. The van der Waals surface area contributed by atoms with Gasteiger partial charge in [0.1, 0.15) is 0 Å². The summed E-state index contributed by atoms with van der Waals surface area (Å²) in [6.07, 6.45) is -3.25. The van der Waals surface area contributed by atoms with Crippen molar-refractivity contribution in [3.05, 3.63) is 28.8 Å². The molecule has 0 aromatic heterocycles. The monoisotopic (exact) mass is 419 g/mol. The van der Waals surface area contributed by atoms with E-state index in [1.165, 1.54) is 6.07 Å². The fourth-order valence-corrected chi connectivity index (χ4v) is 3.23. The summed E-state index contributed by atoms with van der Waals surface area (Å²) in [6.45, 7) is 6.45. The Morgan fingerprint density at radius 3 is 2.29 bits per heavy atom. The summed E-state index contributed by atoms with van der Waals surface area (Å²) in [5.74, 6) is -0.617. The highest BCUT2D eigenvalue weighted by Gasteiger charge is 2.35. The van der Waals surface area contributed by atoms with Gasteiger partial charge in [-0.3, -0.25) is 14.5 Å². The zero-order chi connectivity index (χ0) is 21.1. The van der Waals surface area contributed by atoms with Crippen molar-refractivity contribution in [1.29, 1.82) is 0 Å². The molecule has 2 rings (SSSR count). The van der Waals surface area contributed by atoms with Crippen LogP contribution in [0.15, 0.2) is 18.2 Å². The van der Waals surface area contributed by atoms with Gasteiger partial charge in [-0.05, 0) is 38.0 Å². The molecule has 28 heavy (non-hydrogen) atoms. The van der Waals surface area contributed by atoms with E-state index in [1.54, 1.807) is 6.92 Å². The van der Waals surface area contributed by atoms with Crippen molar-refractivity contribution in [2.75, 3.05) is 18.4 Å². The average molecular weight is 420 g/mol. The first-order valence-corrected chi connectivity index (χ1v) is 9.59. The molecule has 1 aliphatic heterocycles. The number of piperidine rings is 1. The summed E-state index contributed by atoms with van der Waals surface area (Å²) >= 11 is 5.66. The van der Waals surface area contributed by atoms with Crippen LogP contribution >= 0.6 is 11.6 Å². The Bertz CT molecular complexity index is 717. The maximum absolute atomic E-state index is 13.2. The first-order chi connectivity index (χ1) is 13.0. The third-order valence-corrected chi connectivity index (χ3v) is 5.11. The Kier molecular flexibility index (Phi) is 7.33. The van der Waals surface area contributed by atoms with E-state index in [0.29, 0.717) is 25.9 Å². The van der Waals surface area contributed by atoms with Crippen molar-refractivity contribution < 1.29 is 22.8 Å². The molecule has 1 aliphatic rings. The van der Waals surface area contributed by atoms with Crippen molar-refractivity contribution >= 4 is 29.1 Å². The number of halogens is 4. The molecule has 1 fully saturated rings. The Balaban J connectivity index is 1.97. The van der Waals surface area contributed by atoms with E-state index in [2.05, 4.69) is 10.6 Å². The molecule has 2 N–H and O–H groups in total. The number of rotatable bonds is 5. The number of amides is 2. The molecule has 0 aliphatic carbocycles. The summed E-state index contributed by atoms with van der Waals surface area (Å²) in [5.41, 5.74) is -1.29. The second kappa shape index (κ2) is 9.13. The molecule has 1 unspecified atom stereocenters. The molecule has 9 heteroatoms. The Morgan fingerprint density at radius 1 is 1.14 bits per heavy atom. The number of hydrogen-bond donors (Lipinski definition) is 2. The molecular weight excluding hydrogens is 395 g/mol. The van der Waals surface area contributed by atoms with Gasteiger partial charge in [0.2, 0.25) is 11.8 Å². The van der Waals surface area contributed by atoms with Crippen molar-refractivity contribution in [3.63, 3.8) is 0 Å². The third kappa shape index (κ3) is 5.85. The van der Waals surface area contributed by atoms with Gasteiger partial charge in [0.05, 0.1) is 17.3 Å². The van der Waals surface area contributed by atoms with E-state index in [0.717, 1.165) is 12.1 Å². The number of anilines is 1. The zero-order valence-electron chi connectivity index (χ0n) is 16.1. The van der Waals surface area contributed by atoms with Crippen LogP contribution in [0.2, 0.25) is 5.02 Å². The predicted molar refractivity (Wildman–Crippen MR) is 102 cm³/mol. The number of nitrogens with zero attached hydrogens (tertiary/aromatic N) is 1. The number of hydrogen-bond acceptors (Lipinski definition) is 3. The number of carbonyl (C=O) groups excluding carboxylic acids is 2. The lowest BCUT2D eigenvalue weighted by atomic mass is 10.0. The Hall–Kier alpha value is -1.80. The smallest absolute Gasteiger partial charge is 0.353 e. The summed E-state index contributed by atoms with van der Waals surface area (Å²) in [4.78, 5) is 26.2. The van der Waals surface area contributed by atoms with E-state index in [4.69, 9.17) is 11.6 Å². The van der Waals surface area contributed by atoms with E-state index < -0.39 is 23.7 Å². The minimum absolute atomic E-state index is 0.00772. The van der Waals surface area contributed by atoms with Gasteiger partial charge >= 0.3 is 6.18 Å². The minimum Gasteiger partial charge on any atom is -0.353 e. The van der Waals surface area contributed by atoms with Gasteiger partial charge in [0.15, 0.2) is 0 Å².